The summed E-state index contributed by atoms with van der Waals surface area (Å²) < 4.78 is 0. The molecule has 1 rings (SSSR count). The molecule has 0 aliphatic rings. The van der Waals surface area contributed by atoms with Crippen molar-refractivity contribution in [2.45, 2.75) is 13.8 Å². The lowest BCUT2D eigenvalue weighted by molar-refractivity contribution is -0.114. The third kappa shape index (κ3) is 5.96. The number of hydrogen-bond donors (Lipinski definition) is 3. The molecule has 1 heterocycles. The van der Waals surface area contributed by atoms with E-state index in [9.17, 15) is 4.79 Å². The molecule has 0 fully saturated rings. The van der Waals surface area contributed by atoms with Crippen LogP contribution >= 0.6 is 0 Å². The molecule has 0 saturated carbocycles. The van der Waals surface area contributed by atoms with Gasteiger partial charge in [-0.05, 0) is 19.1 Å². The van der Waals surface area contributed by atoms with Crippen LogP contribution in [-0.2, 0) is 4.79 Å². The number of carbonyl (C=O) groups is 1. The molecular weight excluding hydrogens is 182 g/mol. The number of aliphatic hydroxyl groups is 1. The first-order valence-electron chi connectivity index (χ1n) is 4.20. The maximum absolute atomic E-state index is 10.5. The molecule has 0 spiro atoms. The van der Waals surface area contributed by atoms with Crippen LogP contribution < -0.4 is 11.1 Å². The Labute approximate surface area is 83.0 Å². The van der Waals surface area contributed by atoms with Crippen LogP contribution in [-0.4, -0.2) is 22.6 Å². The van der Waals surface area contributed by atoms with Gasteiger partial charge in [-0.2, -0.15) is 0 Å². The van der Waals surface area contributed by atoms with E-state index in [1.807, 2.05) is 0 Å². The summed E-state index contributed by atoms with van der Waals surface area (Å²) in [5.41, 5.74) is 5.96. The SMILES string of the molecule is CC(=O)Nc1ccc(N)cn1.CCO. The van der Waals surface area contributed by atoms with E-state index in [1.54, 1.807) is 19.1 Å². The highest BCUT2D eigenvalue weighted by Gasteiger charge is 1.94. The molecule has 1 aromatic rings. The number of pyridine rings is 1. The van der Waals surface area contributed by atoms with Gasteiger partial charge in [0, 0.05) is 13.5 Å². The average molecular weight is 197 g/mol. The summed E-state index contributed by atoms with van der Waals surface area (Å²) in [6.07, 6.45) is 1.49. The number of nitrogen functional groups attached to an aromatic ring is 1. The molecule has 14 heavy (non-hydrogen) atoms. The quantitative estimate of drug-likeness (QED) is 0.615. The summed E-state index contributed by atoms with van der Waals surface area (Å²) in [5.74, 6) is 0.383. The highest BCUT2D eigenvalue weighted by atomic mass is 16.2. The average Bonchev–Trinajstić information content (AvgIpc) is 2.09. The Morgan fingerprint density at radius 1 is 1.64 bits per heavy atom. The number of nitrogens with zero attached hydrogens (tertiary/aromatic N) is 1. The summed E-state index contributed by atoms with van der Waals surface area (Å²) in [4.78, 5) is 14.4. The summed E-state index contributed by atoms with van der Waals surface area (Å²) in [6, 6.07) is 3.33. The Hall–Kier alpha value is -1.62. The topological polar surface area (TPSA) is 88.2 Å². The van der Waals surface area contributed by atoms with E-state index < -0.39 is 0 Å². The molecule has 0 radical (unpaired) electrons. The number of amides is 1. The fourth-order valence-electron chi connectivity index (χ4n) is 0.660. The molecule has 1 amide bonds. The van der Waals surface area contributed by atoms with E-state index in [0.717, 1.165) is 0 Å². The molecule has 4 N–H and O–H groups in total. The predicted molar refractivity (Wildman–Crippen MR) is 55.7 cm³/mol. The summed E-state index contributed by atoms with van der Waals surface area (Å²) >= 11 is 0. The van der Waals surface area contributed by atoms with E-state index in [2.05, 4.69) is 10.3 Å². The zero-order chi connectivity index (χ0) is 11.0. The van der Waals surface area contributed by atoms with Gasteiger partial charge in [0.1, 0.15) is 5.82 Å². The summed E-state index contributed by atoms with van der Waals surface area (Å²) in [7, 11) is 0. The highest BCUT2D eigenvalue weighted by molar-refractivity contribution is 5.87. The van der Waals surface area contributed by atoms with Crippen molar-refractivity contribution in [3.05, 3.63) is 18.3 Å². The maximum atomic E-state index is 10.5. The molecule has 1 aromatic heterocycles. The van der Waals surface area contributed by atoms with Crippen molar-refractivity contribution >= 4 is 17.4 Å². The monoisotopic (exact) mass is 197 g/mol. The van der Waals surface area contributed by atoms with Crippen LogP contribution in [0.2, 0.25) is 0 Å². The first-order valence-corrected chi connectivity index (χ1v) is 4.20. The number of hydrogen-bond acceptors (Lipinski definition) is 4. The van der Waals surface area contributed by atoms with Gasteiger partial charge >= 0.3 is 0 Å². The molecule has 5 heteroatoms. The van der Waals surface area contributed by atoms with Crippen LogP contribution in [0, 0.1) is 0 Å². The smallest absolute Gasteiger partial charge is 0.222 e. The van der Waals surface area contributed by atoms with E-state index in [0.29, 0.717) is 11.5 Å². The van der Waals surface area contributed by atoms with Gasteiger partial charge in [0.05, 0.1) is 11.9 Å². The number of anilines is 2. The number of aromatic nitrogens is 1. The third-order valence-corrected chi connectivity index (χ3v) is 1.09. The van der Waals surface area contributed by atoms with Crippen LogP contribution in [0.5, 0.6) is 0 Å². The second kappa shape index (κ2) is 6.85. The van der Waals surface area contributed by atoms with Gasteiger partial charge in [-0.1, -0.05) is 0 Å². The number of nitrogens with two attached hydrogens (primary N) is 1. The van der Waals surface area contributed by atoms with Crippen LogP contribution in [0.15, 0.2) is 18.3 Å². The van der Waals surface area contributed by atoms with Crippen molar-refractivity contribution in [3.8, 4) is 0 Å². The second-order valence-corrected chi connectivity index (χ2v) is 2.47. The number of nitrogens with one attached hydrogen (secondary N) is 1. The molecule has 0 aromatic carbocycles. The molecule has 0 atom stereocenters. The van der Waals surface area contributed by atoms with Crippen molar-refractivity contribution in [3.63, 3.8) is 0 Å². The molecule has 0 unspecified atom stereocenters. The predicted octanol–water partition coefficient (Wildman–Crippen LogP) is 0.621. The normalized spacial score (nSPS) is 8.50. The fraction of sp³-hybridized carbons (Fsp3) is 0.333. The van der Waals surface area contributed by atoms with E-state index in [1.165, 1.54) is 13.1 Å². The van der Waals surface area contributed by atoms with Gasteiger partial charge in [0.15, 0.2) is 0 Å². The van der Waals surface area contributed by atoms with Gasteiger partial charge in [-0.3, -0.25) is 4.79 Å². The van der Waals surface area contributed by atoms with Crippen molar-refractivity contribution in [2.24, 2.45) is 0 Å². The Morgan fingerprint density at radius 2 is 2.21 bits per heavy atom. The Kier molecular flexibility index (Phi) is 6.06. The van der Waals surface area contributed by atoms with Gasteiger partial charge in [-0.25, -0.2) is 4.98 Å². The van der Waals surface area contributed by atoms with Gasteiger partial charge in [0.25, 0.3) is 0 Å². The lowest BCUT2D eigenvalue weighted by Gasteiger charge is -1.99. The van der Waals surface area contributed by atoms with Crippen LogP contribution in [0.25, 0.3) is 0 Å². The maximum Gasteiger partial charge on any atom is 0.222 e. The number of rotatable bonds is 1. The van der Waals surface area contributed by atoms with Gasteiger partial charge < -0.3 is 16.2 Å². The van der Waals surface area contributed by atoms with E-state index in [-0.39, 0.29) is 12.5 Å². The Morgan fingerprint density at radius 3 is 2.57 bits per heavy atom. The van der Waals surface area contributed by atoms with Crippen molar-refractivity contribution in [2.75, 3.05) is 17.7 Å². The molecule has 0 aliphatic heterocycles. The van der Waals surface area contributed by atoms with E-state index >= 15 is 0 Å². The molecule has 0 bridgehead atoms. The van der Waals surface area contributed by atoms with Crippen molar-refractivity contribution in [1.82, 2.24) is 4.98 Å². The standard InChI is InChI=1S/C7H9N3O.C2H6O/c1-5(11)10-7-3-2-6(8)4-9-7;1-2-3/h2-4H,8H2,1H3,(H,9,10,11);3H,2H2,1H3. The van der Waals surface area contributed by atoms with E-state index in [4.69, 9.17) is 10.8 Å². The van der Waals surface area contributed by atoms with Crippen molar-refractivity contribution < 1.29 is 9.90 Å². The lowest BCUT2D eigenvalue weighted by atomic mass is 10.4. The molecule has 78 valence electrons. The first-order chi connectivity index (χ1) is 6.60. The molecular formula is C9H15N3O2. The zero-order valence-corrected chi connectivity index (χ0v) is 8.32. The Balaban J connectivity index is 0.000000500. The Bertz CT molecular complexity index is 272. The molecule has 0 aliphatic carbocycles. The summed E-state index contributed by atoms with van der Waals surface area (Å²) in [5, 5.41) is 10.1. The van der Waals surface area contributed by atoms with Crippen molar-refractivity contribution in [1.29, 1.82) is 0 Å². The minimum absolute atomic E-state index is 0.137. The third-order valence-electron chi connectivity index (χ3n) is 1.09. The zero-order valence-electron chi connectivity index (χ0n) is 8.32. The molecule has 5 nitrogen and oxygen atoms in total. The first kappa shape index (κ1) is 12.4. The fourth-order valence-corrected chi connectivity index (χ4v) is 0.660. The summed E-state index contributed by atoms with van der Waals surface area (Å²) in [6.45, 7) is 3.36. The lowest BCUT2D eigenvalue weighted by Crippen LogP contribution is -2.07. The minimum Gasteiger partial charge on any atom is -0.397 e. The van der Waals surface area contributed by atoms with Crippen LogP contribution in [0.1, 0.15) is 13.8 Å². The van der Waals surface area contributed by atoms with Gasteiger partial charge in [0.2, 0.25) is 5.91 Å². The largest absolute Gasteiger partial charge is 0.397 e. The van der Waals surface area contributed by atoms with Crippen LogP contribution in [0.3, 0.4) is 0 Å². The highest BCUT2D eigenvalue weighted by Crippen LogP contribution is 2.04. The van der Waals surface area contributed by atoms with Gasteiger partial charge in [-0.15, -0.1) is 0 Å². The number of carbonyl (C=O) groups excluding carboxylic acids is 1. The molecule has 0 saturated heterocycles. The van der Waals surface area contributed by atoms with Crippen LogP contribution in [0.4, 0.5) is 11.5 Å². The minimum atomic E-state index is -0.137. The number of aliphatic hydroxyl groups excluding tert-OH is 1. The second-order valence-electron chi connectivity index (χ2n) is 2.47.